The van der Waals surface area contributed by atoms with Crippen LogP contribution in [0.25, 0.3) is 95.0 Å². The van der Waals surface area contributed by atoms with Crippen LogP contribution in [0.15, 0.2) is 170 Å². The zero-order chi connectivity index (χ0) is 46.8. The van der Waals surface area contributed by atoms with E-state index >= 15 is 0 Å². The van der Waals surface area contributed by atoms with E-state index in [4.69, 9.17) is 15.0 Å². The molecule has 10 heteroatoms. The normalized spacial score (nSPS) is 12.0. The molecule has 8 aromatic carbocycles. The highest BCUT2D eigenvalue weighted by atomic mass is 19.4. The van der Waals surface area contributed by atoms with Gasteiger partial charge in [-0.1, -0.05) is 126 Å². The summed E-state index contributed by atoms with van der Waals surface area (Å²) in [5, 5.41) is 1.91. The maximum Gasteiger partial charge on any atom is 0.416 e. The van der Waals surface area contributed by atoms with Gasteiger partial charge in [-0.15, -0.1) is 0 Å². The zero-order valence-corrected chi connectivity index (χ0v) is 36.7. The van der Waals surface area contributed by atoms with Gasteiger partial charge in [0.15, 0.2) is 17.5 Å². The number of aromatic nitrogens is 4. The number of alkyl halides is 6. The predicted octanol–water partition coefficient (Wildman–Crippen LogP) is 16.2. The van der Waals surface area contributed by atoms with Crippen LogP contribution in [0.3, 0.4) is 0 Å². The highest BCUT2D eigenvalue weighted by molar-refractivity contribution is 6.12. The quantitative estimate of drug-likeness (QED) is 0.150. The Kier molecular flexibility index (Phi) is 10.6. The van der Waals surface area contributed by atoms with Crippen LogP contribution in [0.4, 0.5) is 26.3 Å². The van der Waals surface area contributed by atoms with Gasteiger partial charge in [0.1, 0.15) is 0 Å². The lowest BCUT2D eigenvalue weighted by Crippen LogP contribution is -2.11. The van der Waals surface area contributed by atoms with E-state index in [0.29, 0.717) is 16.8 Å². The average molecular weight is 895 g/mol. The van der Waals surface area contributed by atoms with Gasteiger partial charge in [-0.3, -0.25) is 0 Å². The van der Waals surface area contributed by atoms with E-state index in [2.05, 4.69) is 105 Å². The van der Waals surface area contributed by atoms with Gasteiger partial charge in [-0.05, 0) is 127 Å². The maximum atomic E-state index is 14.5. The Bertz CT molecular complexity index is 3340. The molecule has 2 heterocycles. The molecule has 0 radical (unpaired) electrons. The third-order valence-corrected chi connectivity index (χ3v) is 12.3. The first-order chi connectivity index (χ1) is 32.1. The average Bonchev–Trinajstić information content (AvgIpc) is 3.64. The van der Waals surface area contributed by atoms with E-state index < -0.39 is 23.5 Å². The molecule has 330 valence electrons. The summed E-state index contributed by atoms with van der Waals surface area (Å²) in [5.41, 5.74) is 9.43. The lowest BCUT2D eigenvalue weighted by atomic mass is 9.94. The molecular weight excluding hydrogens is 855 g/mol. The van der Waals surface area contributed by atoms with E-state index in [-0.39, 0.29) is 40.2 Å². The molecule has 0 aliphatic rings. The molecule has 0 N–H and O–H groups in total. The Labute approximate surface area is 382 Å². The smallest absolute Gasteiger partial charge is 0.309 e. The number of fused-ring (bicyclic) bond motifs is 3. The lowest BCUT2D eigenvalue weighted by Gasteiger charge is -2.18. The van der Waals surface area contributed by atoms with Gasteiger partial charge in [0.25, 0.3) is 0 Å². The Balaban J connectivity index is 1.28. The Morgan fingerprint density at radius 2 is 0.806 bits per heavy atom. The third-order valence-electron chi connectivity index (χ3n) is 12.3. The molecule has 10 rings (SSSR count). The van der Waals surface area contributed by atoms with Crippen molar-refractivity contribution >= 4 is 21.8 Å². The van der Waals surface area contributed by atoms with Gasteiger partial charge in [0.05, 0.1) is 22.2 Å². The molecule has 67 heavy (non-hydrogen) atoms. The van der Waals surface area contributed by atoms with Crippen LogP contribution in [0.5, 0.6) is 0 Å². The second kappa shape index (κ2) is 16.5. The molecule has 0 fully saturated rings. The van der Waals surface area contributed by atoms with Crippen LogP contribution in [-0.4, -0.2) is 19.5 Å². The standard InChI is InChI=1S/C57H40F6N4/c1-33-15-20-45(35(3)25-33)39-17-23-51-48(29-39)49-30-40(46-21-16-34(2)26-36(46)4)18-24-52(49)67(51)44-19-22-47(41-27-42(56(58,59)60)31-43(28-41)57(61,62)63)50(32-44)55-65-53(37-11-7-5-8-12-37)64-54(66-55)38-13-9-6-10-14-38/h5-32H,1-4H3. The van der Waals surface area contributed by atoms with Gasteiger partial charge >= 0.3 is 12.4 Å². The fourth-order valence-corrected chi connectivity index (χ4v) is 9.06. The topological polar surface area (TPSA) is 43.6 Å². The SMILES string of the molecule is Cc1ccc(-c2ccc3c(c2)c2cc(-c4ccc(C)cc4C)ccc2n3-c2ccc(-c3cc(C(F)(F)F)cc(C(F)(F)F)c3)c(-c3nc(-c4ccccc4)nc(-c4ccccc4)n3)c2)c(C)c1. The summed E-state index contributed by atoms with van der Waals surface area (Å²) in [6, 6.07) is 50.3. The molecular formula is C57H40F6N4. The molecule has 0 saturated heterocycles. The highest BCUT2D eigenvalue weighted by Gasteiger charge is 2.37. The number of aryl methyl sites for hydroxylation is 4. The van der Waals surface area contributed by atoms with Crippen LogP contribution < -0.4 is 0 Å². The summed E-state index contributed by atoms with van der Waals surface area (Å²) in [4.78, 5) is 14.6. The molecule has 0 bridgehead atoms. The summed E-state index contributed by atoms with van der Waals surface area (Å²) in [5.74, 6) is 0.608. The first-order valence-electron chi connectivity index (χ1n) is 21.6. The van der Waals surface area contributed by atoms with Crippen molar-refractivity contribution in [3.63, 3.8) is 0 Å². The van der Waals surface area contributed by atoms with Crippen molar-refractivity contribution < 1.29 is 26.3 Å². The Morgan fingerprint density at radius 3 is 1.25 bits per heavy atom. The van der Waals surface area contributed by atoms with Gasteiger partial charge < -0.3 is 4.57 Å². The van der Waals surface area contributed by atoms with Crippen LogP contribution in [-0.2, 0) is 12.4 Å². The number of nitrogens with zero attached hydrogens (tertiary/aromatic N) is 4. The Morgan fingerprint density at radius 1 is 0.358 bits per heavy atom. The first-order valence-corrected chi connectivity index (χ1v) is 21.6. The minimum absolute atomic E-state index is 0.0607. The van der Waals surface area contributed by atoms with Gasteiger partial charge in [0.2, 0.25) is 0 Å². The van der Waals surface area contributed by atoms with Crippen molar-refractivity contribution in [1.29, 1.82) is 0 Å². The minimum atomic E-state index is -5.07. The largest absolute Gasteiger partial charge is 0.416 e. The molecule has 10 aromatic rings. The van der Waals surface area contributed by atoms with Crippen molar-refractivity contribution in [2.45, 2.75) is 40.0 Å². The van der Waals surface area contributed by atoms with Gasteiger partial charge in [0, 0.05) is 33.2 Å². The second-order valence-corrected chi connectivity index (χ2v) is 17.0. The summed E-state index contributed by atoms with van der Waals surface area (Å²) < 4.78 is 88.8. The van der Waals surface area contributed by atoms with Crippen LogP contribution >= 0.6 is 0 Å². The molecule has 0 unspecified atom stereocenters. The van der Waals surface area contributed by atoms with Crippen LogP contribution in [0, 0.1) is 27.7 Å². The van der Waals surface area contributed by atoms with Crippen molar-refractivity contribution in [1.82, 2.24) is 19.5 Å². The third kappa shape index (κ3) is 8.24. The summed E-state index contributed by atoms with van der Waals surface area (Å²) in [6.45, 7) is 8.30. The molecule has 2 aromatic heterocycles. The number of halogens is 6. The van der Waals surface area contributed by atoms with E-state index in [0.717, 1.165) is 78.4 Å². The van der Waals surface area contributed by atoms with E-state index in [1.807, 2.05) is 60.7 Å². The van der Waals surface area contributed by atoms with Crippen LogP contribution in [0.2, 0.25) is 0 Å². The highest BCUT2D eigenvalue weighted by Crippen LogP contribution is 2.44. The molecule has 0 amide bonds. The van der Waals surface area contributed by atoms with Crippen molar-refractivity contribution in [2.24, 2.45) is 0 Å². The molecule has 0 spiro atoms. The lowest BCUT2D eigenvalue weighted by molar-refractivity contribution is -0.143. The van der Waals surface area contributed by atoms with E-state index in [1.54, 1.807) is 18.2 Å². The molecule has 0 aliphatic heterocycles. The fraction of sp³-hybridized carbons (Fsp3) is 0.105. The van der Waals surface area contributed by atoms with Gasteiger partial charge in [-0.2, -0.15) is 26.3 Å². The fourth-order valence-electron chi connectivity index (χ4n) is 9.06. The molecule has 4 nitrogen and oxygen atoms in total. The number of hydrogen-bond acceptors (Lipinski definition) is 3. The first kappa shape index (κ1) is 43.1. The number of hydrogen-bond donors (Lipinski definition) is 0. The predicted molar refractivity (Wildman–Crippen MR) is 256 cm³/mol. The maximum absolute atomic E-state index is 14.5. The summed E-state index contributed by atoms with van der Waals surface area (Å²) in [7, 11) is 0. The summed E-state index contributed by atoms with van der Waals surface area (Å²) >= 11 is 0. The Hall–Kier alpha value is -7.85. The second-order valence-electron chi connectivity index (χ2n) is 17.0. The van der Waals surface area contributed by atoms with E-state index in [9.17, 15) is 26.3 Å². The van der Waals surface area contributed by atoms with Crippen molar-refractivity contribution in [3.8, 4) is 73.2 Å². The number of rotatable bonds is 7. The minimum Gasteiger partial charge on any atom is -0.309 e. The molecule has 0 atom stereocenters. The molecule has 0 saturated carbocycles. The zero-order valence-electron chi connectivity index (χ0n) is 36.7. The summed E-state index contributed by atoms with van der Waals surface area (Å²) in [6.07, 6.45) is -10.1. The van der Waals surface area contributed by atoms with Crippen molar-refractivity contribution in [3.05, 3.63) is 203 Å². The number of benzene rings is 8. The van der Waals surface area contributed by atoms with Crippen molar-refractivity contribution in [2.75, 3.05) is 0 Å². The van der Waals surface area contributed by atoms with Crippen LogP contribution in [0.1, 0.15) is 33.4 Å². The van der Waals surface area contributed by atoms with Gasteiger partial charge in [-0.25, -0.2) is 15.0 Å². The monoisotopic (exact) mass is 894 g/mol. The van der Waals surface area contributed by atoms with E-state index in [1.165, 1.54) is 0 Å². The molecule has 0 aliphatic carbocycles.